The zero-order valence-electron chi connectivity index (χ0n) is 10.8. The summed E-state index contributed by atoms with van der Waals surface area (Å²) in [5.41, 5.74) is 2.08. The molecular weight excluding hydrogens is 242 g/mol. The Morgan fingerprint density at radius 2 is 2.42 bits per heavy atom. The van der Waals surface area contributed by atoms with Gasteiger partial charge < -0.3 is 15.0 Å². The molecule has 5 heteroatoms. The lowest BCUT2D eigenvalue weighted by atomic mass is 9.88. The predicted molar refractivity (Wildman–Crippen MR) is 71.9 cm³/mol. The molecule has 2 N–H and O–H groups in total. The average molecular weight is 259 g/mol. The van der Waals surface area contributed by atoms with Gasteiger partial charge in [-0.1, -0.05) is 0 Å². The summed E-state index contributed by atoms with van der Waals surface area (Å²) in [6, 6.07) is 3.99. The lowest BCUT2D eigenvalue weighted by Gasteiger charge is -2.31. The van der Waals surface area contributed by atoms with Gasteiger partial charge in [0.25, 0.3) is 0 Å². The number of hydrogen-bond donors (Lipinski definition) is 2. The Labute approximate surface area is 111 Å². The van der Waals surface area contributed by atoms with Crippen LogP contribution >= 0.6 is 0 Å². The highest BCUT2D eigenvalue weighted by atomic mass is 16.5. The first-order chi connectivity index (χ1) is 9.25. The van der Waals surface area contributed by atoms with Gasteiger partial charge in [0, 0.05) is 37.2 Å². The molecule has 1 fully saturated rings. The second-order valence-electron chi connectivity index (χ2n) is 4.89. The van der Waals surface area contributed by atoms with E-state index in [9.17, 15) is 4.79 Å². The van der Waals surface area contributed by atoms with E-state index in [1.54, 1.807) is 6.20 Å². The summed E-state index contributed by atoms with van der Waals surface area (Å²) in [5, 5.41) is 4.39. The topological polar surface area (TPSA) is 67.0 Å². The molecule has 0 aliphatic carbocycles. The lowest BCUT2D eigenvalue weighted by molar-refractivity contribution is -0.148. The molecule has 100 valence electrons. The van der Waals surface area contributed by atoms with E-state index in [0.717, 1.165) is 24.0 Å². The maximum absolute atomic E-state index is 11.2. The number of fused-ring (bicyclic) bond motifs is 1. The largest absolute Gasteiger partial charge is 0.461 e. The van der Waals surface area contributed by atoms with Crippen LogP contribution in [0, 0.1) is 0 Å². The Balaban J connectivity index is 1.95. The van der Waals surface area contributed by atoms with Crippen LogP contribution in [0.5, 0.6) is 0 Å². The molecule has 1 aliphatic heterocycles. The van der Waals surface area contributed by atoms with Gasteiger partial charge in [-0.3, -0.25) is 4.79 Å². The zero-order valence-corrected chi connectivity index (χ0v) is 10.8. The number of carbonyl (C=O) groups is 1. The lowest BCUT2D eigenvalue weighted by Crippen LogP contribution is -2.41. The van der Waals surface area contributed by atoms with Crippen molar-refractivity contribution in [2.45, 2.75) is 25.4 Å². The Hall–Kier alpha value is -1.88. The number of H-pyrrole nitrogens is 1. The number of nitrogens with zero attached hydrogens (tertiary/aromatic N) is 1. The van der Waals surface area contributed by atoms with E-state index in [1.807, 2.05) is 12.3 Å². The van der Waals surface area contributed by atoms with Crippen molar-refractivity contribution in [1.82, 2.24) is 15.3 Å². The van der Waals surface area contributed by atoms with Crippen molar-refractivity contribution in [2.24, 2.45) is 0 Å². The SMILES string of the molecule is CC(=O)OC1CNCC[C@H]1c1c[nH]c2ncccc12. The standard InChI is InChI=1S/C14H17N3O2/c1-9(18)19-13-8-15-6-4-10(13)12-7-17-14-11(12)3-2-5-16-14/h2-3,5,7,10,13,15H,4,6,8H2,1H3,(H,16,17)/t10-,13?/m0/s1. The molecule has 0 saturated carbocycles. The van der Waals surface area contributed by atoms with Crippen molar-refractivity contribution in [2.75, 3.05) is 13.1 Å². The number of ether oxygens (including phenoxy) is 1. The fourth-order valence-corrected chi connectivity index (χ4v) is 2.81. The van der Waals surface area contributed by atoms with Gasteiger partial charge in [0.05, 0.1) is 0 Å². The van der Waals surface area contributed by atoms with E-state index in [0.29, 0.717) is 6.54 Å². The van der Waals surface area contributed by atoms with Crippen LogP contribution in [0.1, 0.15) is 24.8 Å². The summed E-state index contributed by atoms with van der Waals surface area (Å²) >= 11 is 0. The van der Waals surface area contributed by atoms with Crippen molar-refractivity contribution in [1.29, 1.82) is 0 Å². The number of pyridine rings is 1. The fourth-order valence-electron chi connectivity index (χ4n) is 2.81. The highest BCUT2D eigenvalue weighted by Crippen LogP contribution is 2.32. The molecule has 2 aromatic heterocycles. The maximum Gasteiger partial charge on any atom is 0.302 e. The quantitative estimate of drug-likeness (QED) is 0.803. The van der Waals surface area contributed by atoms with Gasteiger partial charge in [-0.25, -0.2) is 4.98 Å². The summed E-state index contributed by atoms with van der Waals surface area (Å²) in [7, 11) is 0. The molecule has 2 aromatic rings. The third-order valence-corrected chi connectivity index (χ3v) is 3.63. The number of aromatic amines is 1. The van der Waals surface area contributed by atoms with Gasteiger partial charge in [-0.05, 0) is 30.7 Å². The highest BCUT2D eigenvalue weighted by molar-refractivity contribution is 5.80. The Morgan fingerprint density at radius 3 is 3.26 bits per heavy atom. The molecule has 0 spiro atoms. The first kappa shape index (κ1) is 12.2. The summed E-state index contributed by atoms with van der Waals surface area (Å²) in [6.07, 6.45) is 4.61. The Kier molecular flexibility index (Phi) is 3.21. The van der Waals surface area contributed by atoms with Crippen molar-refractivity contribution < 1.29 is 9.53 Å². The number of nitrogens with one attached hydrogen (secondary N) is 2. The second-order valence-corrected chi connectivity index (χ2v) is 4.89. The summed E-state index contributed by atoms with van der Waals surface area (Å²) in [4.78, 5) is 18.7. The molecule has 1 unspecified atom stereocenters. The molecule has 3 heterocycles. The number of rotatable bonds is 2. The summed E-state index contributed by atoms with van der Waals surface area (Å²) in [6.45, 7) is 3.11. The second kappa shape index (κ2) is 5.01. The number of piperidine rings is 1. The van der Waals surface area contributed by atoms with Crippen LogP contribution in [0.15, 0.2) is 24.5 Å². The molecule has 19 heavy (non-hydrogen) atoms. The molecular formula is C14H17N3O2. The van der Waals surface area contributed by atoms with E-state index in [4.69, 9.17) is 4.74 Å². The maximum atomic E-state index is 11.2. The highest BCUT2D eigenvalue weighted by Gasteiger charge is 2.30. The fraction of sp³-hybridized carbons (Fsp3) is 0.429. The van der Waals surface area contributed by atoms with E-state index in [-0.39, 0.29) is 18.0 Å². The van der Waals surface area contributed by atoms with Crippen molar-refractivity contribution >= 4 is 17.0 Å². The third kappa shape index (κ3) is 2.33. The van der Waals surface area contributed by atoms with E-state index < -0.39 is 0 Å². The van der Waals surface area contributed by atoms with Crippen molar-refractivity contribution in [3.8, 4) is 0 Å². The normalized spacial score (nSPS) is 23.4. The molecule has 0 radical (unpaired) electrons. The van der Waals surface area contributed by atoms with Gasteiger partial charge in [-0.15, -0.1) is 0 Å². The third-order valence-electron chi connectivity index (χ3n) is 3.63. The zero-order chi connectivity index (χ0) is 13.2. The Bertz CT molecular complexity index is 593. The van der Waals surface area contributed by atoms with Gasteiger partial charge in [-0.2, -0.15) is 0 Å². The van der Waals surface area contributed by atoms with Crippen LogP contribution in [-0.4, -0.2) is 35.1 Å². The number of aromatic nitrogens is 2. The van der Waals surface area contributed by atoms with E-state index >= 15 is 0 Å². The van der Waals surface area contributed by atoms with Crippen molar-refractivity contribution in [3.05, 3.63) is 30.1 Å². The number of esters is 1. The van der Waals surface area contributed by atoms with Crippen molar-refractivity contribution in [3.63, 3.8) is 0 Å². The van der Waals surface area contributed by atoms with Gasteiger partial charge in [0.2, 0.25) is 0 Å². The van der Waals surface area contributed by atoms with Gasteiger partial charge in [0.1, 0.15) is 11.8 Å². The molecule has 1 aliphatic rings. The van der Waals surface area contributed by atoms with E-state index in [2.05, 4.69) is 21.4 Å². The average Bonchev–Trinajstić information content (AvgIpc) is 2.82. The first-order valence-electron chi connectivity index (χ1n) is 6.55. The van der Waals surface area contributed by atoms with Gasteiger partial charge in [0.15, 0.2) is 0 Å². The smallest absolute Gasteiger partial charge is 0.302 e. The molecule has 0 bridgehead atoms. The first-order valence-corrected chi connectivity index (χ1v) is 6.55. The van der Waals surface area contributed by atoms with Crippen LogP contribution in [0.3, 0.4) is 0 Å². The van der Waals surface area contributed by atoms with Crippen LogP contribution < -0.4 is 5.32 Å². The molecule has 1 saturated heterocycles. The number of hydrogen-bond acceptors (Lipinski definition) is 4. The predicted octanol–water partition coefficient (Wildman–Crippen LogP) is 1.57. The minimum atomic E-state index is -0.225. The molecule has 0 aromatic carbocycles. The summed E-state index contributed by atoms with van der Waals surface area (Å²) < 4.78 is 5.44. The molecule has 2 atom stereocenters. The van der Waals surface area contributed by atoms with Crippen LogP contribution in [-0.2, 0) is 9.53 Å². The Morgan fingerprint density at radius 1 is 1.53 bits per heavy atom. The van der Waals surface area contributed by atoms with Crippen LogP contribution in [0.25, 0.3) is 11.0 Å². The van der Waals surface area contributed by atoms with Crippen LogP contribution in [0.4, 0.5) is 0 Å². The minimum absolute atomic E-state index is 0.106. The molecule has 0 amide bonds. The number of carbonyl (C=O) groups excluding carboxylic acids is 1. The molecule has 3 rings (SSSR count). The van der Waals surface area contributed by atoms with Gasteiger partial charge >= 0.3 is 5.97 Å². The minimum Gasteiger partial charge on any atom is -0.461 e. The monoisotopic (exact) mass is 259 g/mol. The van der Waals surface area contributed by atoms with E-state index in [1.165, 1.54) is 12.5 Å². The molecule has 5 nitrogen and oxygen atoms in total. The van der Waals surface area contributed by atoms with Crippen LogP contribution in [0.2, 0.25) is 0 Å². The summed E-state index contributed by atoms with van der Waals surface area (Å²) in [5.74, 6) is -0.000216.